The molecular formula is C24H42O21. The van der Waals surface area contributed by atoms with Crippen LogP contribution in [-0.2, 0) is 33.2 Å². The van der Waals surface area contributed by atoms with Crippen molar-refractivity contribution in [1.29, 1.82) is 0 Å². The van der Waals surface area contributed by atoms with Gasteiger partial charge in [-0.2, -0.15) is 0 Å². The lowest BCUT2D eigenvalue weighted by molar-refractivity contribution is -0.393. The molecule has 14 N–H and O–H groups in total. The molecule has 0 aromatic heterocycles. The van der Waals surface area contributed by atoms with Crippen molar-refractivity contribution in [3.63, 3.8) is 0 Å². The molecule has 4 heterocycles. The molecular weight excluding hydrogens is 624 g/mol. The fourth-order valence-electron chi connectivity index (χ4n) is 5.40. The molecule has 4 aliphatic rings. The van der Waals surface area contributed by atoms with Crippen LogP contribution in [0.25, 0.3) is 0 Å². The molecule has 21 heteroatoms. The number of rotatable bonds is 10. The second kappa shape index (κ2) is 15.6. The highest BCUT2D eigenvalue weighted by molar-refractivity contribution is 4.96. The van der Waals surface area contributed by atoms with Gasteiger partial charge in [-0.05, 0) is 0 Å². The molecule has 45 heavy (non-hydrogen) atoms. The van der Waals surface area contributed by atoms with Gasteiger partial charge in [0.05, 0.1) is 26.4 Å². The van der Waals surface area contributed by atoms with Crippen molar-refractivity contribution in [3.8, 4) is 0 Å². The summed E-state index contributed by atoms with van der Waals surface area (Å²) in [5.41, 5.74) is 0. The van der Waals surface area contributed by atoms with E-state index in [9.17, 15) is 71.5 Å². The van der Waals surface area contributed by atoms with Gasteiger partial charge in [-0.1, -0.05) is 0 Å². The molecule has 4 saturated heterocycles. The summed E-state index contributed by atoms with van der Waals surface area (Å²) in [6.45, 7) is -3.11. The molecule has 20 atom stereocenters. The van der Waals surface area contributed by atoms with Gasteiger partial charge in [0.1, 0.15) is 97.7 Å². The zero-order chi connectivity index (χ0) is 33.3. The molecule has 0 spiro atoms. The van der Waals surface area contributed by atoms with E-state index in [1.807, 2.05) is 0 Å². The Morgan fingerprint density at radius 1 is 0.378 bits per heavy atom. The number of aliphatic hydroxyl groups is 14. The molecule has 0 radical (unpaired) electrons. The van der Waals surface area contributed by atoms with E-state index in [0.717, 1.165) is 0 Å². The molecule has 1 unspecified atom stereocenters. The van der Waals surface area contributed by atoms with Crippen LogP contribution in [0.4, 0.5) is 0 Å². The third kappa shape index (κ3) is 7.59. The Labute approximate surface area is 254 Å². The van der Waals surface area contributed by atoms with Crippen LogP contribution in [-0.4, -0.2) is 221 Å². The van der Waals surface area contributed by atoms with Gasteiger partial charge in [0.25, 0.3) is 0 Å². The van der Waals surface area contributed by atoms with Crippen molar-refractivity contribution >= 4 is 0 Å². The number of hydrogen-bond acceptors (Lipinski definition) is 21. The Morgan fingerprint density at radius 3 is 1.33 bits per heavy atom. The van der Waals surface area contributed by atoms with Gasteiger partial charge in [-0.15, -0.1) is 0 Å². The maximum absolute atomic E-state index is 10.8. The van der Waals surface area contributed by atoms with Crippen molar-refractivity contribution in [2.45, 2.75) is 123 Å². The Balaban J connectivity index is 1.49. The normalized spacial score (nSPS) is 52.9. The van der Waals surface area contributed by atoms with Crippen LogP contribution in [0, 0.1) is 0 Å². The van der Waals surface area contributed by atoms with Gasteiger partial charge in [-0.3, -0.25) is 0 Å². The van der Waals surface area contributed by atoms with E-state index in [-0.39, 0.29) is 0 Å². The molecule has 0 aromatic carbocycles. The molecule has 0 saturated carbocycles. The number of hydrogen-bond donors (Lipinski definition) is 14. The maximum Gasteiger partial charge on any atom is 0.187 e. The first-order chi connectivity index (χ1) is 21.2. The lowest BCUT2D eigenvalue weighted by Crippen LogP contribution is -2.67. The lowest BCUT2D eigenvalue weighted by Gasteiger charge is -2.48. The lowest BCUT2D eigenvalue weighted by atomic mass is 9.96. The fourth-order valence-corrected chi connectivity index (χ4v) is 5.40. The van der Waals surface area contributed by atoms with Crippen molar-refractivity contribution in [3.05, 3.63) is 0 Å². The van der Waals surface area contributed by atoms with Crippen molar-refractivity contribution in [2.24, 2.45) is 0 Å². The molecule has 4 aliphatic heterocycles. The summed E-state index contributed by atoms with van der Waals surface area (Å²) in [6, 6.07) is 0. The Hall–Kier alpha value is -0.840. The fraction of sp³-hybridized carbons (Fsp3) is 1.00. The minimum Gasteiger partial charge on any atom is -0.394 e. The van der Waals surface area contributed by atoms with Gasteiger partial charge < -0.3 is 105 Å². The second-order valence-electron chi connectivity index (χ2n) is 11.2. The van der Waals surface area contributed by atoms with Crippen LogP contribution in [0.5, 0.6) is 0 Å². The minimum absolute atomic E-state index is 0.714. The van der Waals surface area contributed by atoms with E-state index in [4.69, 9.17) is 33.2 Å². The molecule has 0 aromatic rings. The summed E-state index contributed by atoms with van der Waals surface area (Å²) >= 11 is 0. The largest absolute Gasteiger partial charge is 0.394 e. The third-order valence-electron chi connectivity index (χ3n) is 8.19. The van der Waals surface area contributed by atoms with Crippen LogP contribution in [0.3, 0.4) is 0 Å². The summed E-state index contributed by atoms with van der Waals surface area (Å²) in [5, 5.41) is 142. The van der Waals surface area contributed by atoms with Gasteiger partial charge >= 0.3 is 0 Å². The highest BCUT2D eigenvalue weighted by atomic mass is 16.8. The molecule has 21 nitrogen and oxygen atoms in total. The van der Waals surface area contributed by atoms with Crippen LogP contribution < -0.4 is 0 Å². The predicted molar refractivity (Wildman–Crippen MR) is 134 cm³/mol. The standard InChI is InChI=1S/C24H42O21/c25-1-5-10(29)15(34)19(21(38)40-5)44-24-20(16(35)11(30)7(3-27)42-24)45-23-18(37)14(33)12(31)8(43-23)4-39-22-17(36)13(32)9(28)6(2-26)41-22/h5-38H,1-4H2/t5-,6-,7-,8-,9-,10-,11-,12-,13+,14+,15+,16+,17-,18-,19-,20-,21?,22+,23-,24-/m1/s1. The minimum atomic E-state index is -2.04. The van der Waals surface area contributed by atoms with Crippen molar-refractivity contribution in [1.82, 2.24) is 0 Å². The first-order valence-electron chi connectivity index (χ1n) is 14.1. The Kier molecular flexibility index (Phi) is 12.8. The average Bonchev–Trinajstić information content (AvgIpc) is 3.03. The second-order valence-corrected chi connectivity index (χ2v) is 11.2. The Bertz CT molecular complexity index is 916. The first-order valence-corrected chi connectivity index (χ1v) is 14.1. The third-order valence-corrected chi connectivity index (χ3v) is 8.19. The zero-order valence-corrected chi connectivity index (χ0v) is 23.5. The van der Waals surface area contributed by atoms with Gasteiger partial charge in [0, 0.05) is 0 Å². The summed E-state index contributed by atoms with van der Waals surface area (Å²) in [4.78, 5) is 0. The van der Waals surface area contributed by atoms with E-state index in [1.54, 1.807) is 0 Å². The van der Waals surface area contributed by atoms with E-state index in [2.05, 4.69) is 0 Å². The van der Waals surface area contributed by atoms with Gasteiger partial charge in [0.2, 0.25) is 0 Å². The Morgan fingerprint density at radius 2 is 0.778 bits per heavy atom. The average molecular weight is 667 g/mol. The first kappa shape index (κ1) is 37.0. The van der Waals surface area contributed by atoms with Gasteiger partial charge in [0.15, 0.2) is 25.2 Å². The summed E-state index contributed by atoms with van der Waals surface area (Å²) in [6.07, 6.45) is -35.7. The van der Waals surface area contributed by atoms with Crippen LogP contribution in [0.1, 0.15) is 0 Å². The summed E-state index contributed by atoms with van der Waals surface area (Å²) < 4.78 is 37.7. The van der Waals surface area contributed by atoms with Crippen LogP contribution in [0.15, 0.2) is 0 Å². The summed E-state index contributed by atoms with van der Waals surface area (Å²) in [7, 11) is 0. The highest BCUT2D eigenvalue weighted by Crippen LogP contribution is 2.33. The topological polar surface area (TPSA) is 348 Å². The monoisotopic (exact) mass is 666 g/mol. The van der Waals surface area contributed by atoms with Crippen molar-refractivity contribution in [2.75, 3.05) is 26.4 Å². The van der Waals surface area contributed by atoms with Crippen LogP contribution in [0.2, 0.25) is 0 Å². The molecule has 0 bridgehead atoms. The number of ether oxygens (including phenoxy) is 7. The highest BCUT2D eigenvalue weighted by Gasteiger charge is 2.54. The van der Waals surface area contributed by atoms with Gasteiger partial charge in [-0.25, -0.2) is 0 Å². The maximum atomic E-state index is 10.8. The zero-order valence-electron chi connectivity index (χ0n) is 23.5. The van der Waals surface area contributed by atoms with Crippen molar-refractivity contribution < 1.29 is 105 Å². The molecule has 4 rings (SSSR count). The SMILES string of the molecule is OC[C@H]1O[C@H](OC[C@H]2O[C@H](O[C@H]3[C@@H](O[C@H]4C(O)O[C@H](CO)[C@@H](O)[C@@H]4O)O[C@H](CO)[C@@H](O)[C@@H]3O)[C@H](O)[C@@H](O)[C@@H]2O)[C@H](O)[C@@H](O)[C@@H]1O. The number of aliphatic hydroxyl groups excluding tert-OH is 14. The summed E-state index contributed by atoms with van der Waals surface area (Å²) in [5.74, 6) is 0. The predicted octanol–water partition coefficient (Wildman–Crippen LogP) is -9.75. The smallest absolute Gasteiger partial charge is 0.187 e. The van der Waals surface area contributed by atoms with Crippen LogP contribution >= 0.6 is 0 Å². The molecule has 264 valence electrons. The van der Waals surface area contributed by atoms with E-state index < -0.39 is 149 Å². The van der Waals surface area contributed by atoms with E-state index in [1.165, 1.54) is 0 Å². The quantitative estimate of drug-likeness (QED) is 0.103. The molecule has 0 aliphatic carbocycles. The molecule has 0 amide bonds. The van der Waals surface area contributed by atoms with E-state index >= 15 is 0 Å². The molecule has 4 fully saturated rings. The van der Waals surface area contributed by atoms with E-state index in [0.29, 0.717) is 0 Å².